The first kappa shape index (κ1) is 25.9. The summed E-state index contributed by atoms with van der Waals surface area (Å²) < 4.78 is 22.6. The molecule has 1 aliphatic heterocycles. The van der Waals surface area contributed by atoms with E-state index in [9.17, 15) is 10.1 Å². The second-order valence-corrected chi connectivity index (χ2v) is 10.5. The molecule has 9 nitrogen and oxygen atoms in total. The van der Waals surface area contributed by atoms with E-state index in [-0.39, 0.29) is 18.1 Å². The second kappa shape index (κ2) is 11.3. The molecule has 4 aromatic rings. The Morgan fingerprint density at radius 2 is 1.97 bits per heavy atom. The highest BCUT2D eigenvalue weighted by Crippen LogP contribution is 2.36. The van der Waals surface area contributed by atoms with Crippen molar-refractivity contribution in [3.05, 3.63) is 67.9 Å². The number of carbonyl (C=O) groups is 1. The predicted octanol–water partition coefficient (Wildman–Crippen LogP) is 5.61. The lowest BCUT2D eigenvalue weighted by atomic mass is 10.0. The van der Waals surface area contributed by atoms with E-state index in [1.165, 1.54) is 18.4 Å². The van der Waals surface area contributed by atoms with Gasteiger partial charge in [0.2, 0.25) is 5.88 Å². The minimum Gasteiger partial charge on any atom is -0.471 e. The largest absolute Gasteiger partial charge is 0.471 e. The van der Waals surface area contributed by atoms with Gasteiger partial charge in [-0.05, 0) is 47.1 Å². The first-order chi connectivity index (χ1) is 18.5. The van der Waals surface area contributed by atoms with Crippen LogP contribution < -0.4 is 9.64 Å². The number of thiophene rings is 1. The molecule has 0 unspecified atom stereocenters. The third-order valence-electron chi connectivity index (χ3n) is 6.01. The molecule has 194 valence electrons. The van der Waals surface area contributed by atoms with Crippen molar-refractivity contribution in [1.82, 2.24) is 10.1 Å². The Hall–Kier alpha value is -3.72. The number of hydrogen-bond acceptors (Lipinski definition) is 10. The lowest BCUT2D eigenvalue weighted by Gasteiger charge is -2.28. The number of benzene rings is 1. The summed E-state index contributed by atoms with van der Waals surface area (Å²) in [5.74, 6) is 0.178. The number of morpholine rings is 1. The summed E-state index contributed by atoms with van der Waals surface area (Å²) in [6.07, 6.45) is 0. The number of aryl methyl sites for hydroxylation is 1. The molecule has 0 spiro atoms. The van der Waals surface area contributed by atoms with Gasteiger partial charge in [-0.25, -0.2) is 9.78 Å². The van der Waals surface area contributed by atoms with Crippen LogP contribution in [0.4, 0.5) is 5.69 Å². The summed E-state index contributed by atoms with van der Waals surface area (Å²) in [6, 6.07) is 15.6. The molecule has 0 radical (unpaired) electrons. The van der Waals surface area contributed by atoms with Crippen LogP contribution in [0.2, 0.25) is 0 Å². The van der Waals surface area contributed by atoms with Gasteiger partial charge >= 0.3 is 5.97 Å². The molecule has 11 heteroatoms. The molecule has 0 N–H and O–H groups in total. The summed E-state index contributed by atoms with van der Waals surface area (Å²) >= 11 is 4.72. The van der Waals surface area contributed by atoms with E-state index in [4.69, 9.17) is 23.7 Å². The number of methoxy groups -OCH3 is 1. The fourth-order valence-electron chi connectivity index (χ4n) is 4.07. The van der Waals surface area contributed by atoms with E-state index in [2.05, 4.69) is 44.2 Å². The van der Waals surface area contributed by atoms with Crippen molar-refractivity contribution in [2.75, 3.05) is 38.3 Å². The summed E-state index contributed by atoms with van der Waals surface area (Å²) in [4.78, 5) is 20.1. The average molecular weight is 595 g/mol. The van der Waals surface area contributed by atoms with E-state index in [0.29, 0.717) is 45.3 Å². The molecule has 1 aliphatic rings. The second-order valence-electron chi connectivity index (χ2n) is 8.49. The van der Waals surface area contributed by atoms with Gasteiger partial charge in [-0.2, -0.15) is 5.26 Å². The zero-order valence-corrected chi connectivity index (χ0v) is 23.1. The molecule has 0 amide bonds. The summed E-state index contributed by atoms with van der Waals surface area (Å²) in [5.41, 5.74) is 4.05. The van der Waals surface area contributed by atoms with Crippen LogP contribution in [-0.2, 0) is 16.1 Å². The Balaban J connectivity index is 1.51. The average Bonchev–Trinajstić information content (AvgIpc) is 3.56. The number of aromatic nitrogens is 2. The van der Waals surface area contributed by atoms with Crippen molar-refractivity contribution in [2.24, 2.45) is 0 Å². The van der Waals surface area contributed by atoms with Gasteiger partial charge in [0.25, 0.3) is 0 Å². The van der Waals surface area contributed by atoms with Crippen LogP contribution in [0.25, 0.3) is 22.6 Å². The molecule has 4 heterocycles. The number of halogens is 1. The lowest BCUT2D eigenvalue weighted by molar-refractivity contribution is 0.0606. The molecule has 3 aromatic heterocycles. The highest BCUT2D eigenvalue weighted by molar-refractivity contribution is 9.10. The van der Waals surface area contributed by atoms with Crippen LogP contribution in [0, 0.1) is 18.3 Å². The Bertz CT molecular complexity index is 1500. The van der Waals surface area contributed by atoms with Crippen molar-refractivity contribution in [1.29, 1.82) is 5.26 Å². The molecule has 0 saturated carbocycles. The summed E-state index contributed by atoms with van der Waals surface area (Å²) in [7, 11) is 1.33. The molecule has 38 heavy (non-hydrogen) atoms. The minimum atomic E-state index is -0.428. The number of esters is 1. The first-order valence-corrected chi connectivity index (χ1v) is 13.4. The van der Waals surface area contributed by atoms with E-state index in [0.717, 1.165) is 29.2 Å². The molecule has 5 rings (SSSR count). The van der Waals surface area contributed by atoms with Gasteiger partial charge in [-0.1, -0.05) is 17.3 Å². The molecule has 0 bridgehead atoms. The lowest BCUT2D eigenvalue weighted by Crippen LogP contribution is -2.36. The van der Waals surface area contributed by atoms with Crippen molar-refractivity contribution in [3.63, 3.8) is 0 Å². The van der Waals surface area contributed by atoms with Gasteiger partial charge in [0.05, 0.1) is 36.6 Å². The molecule has 0 aliphatic carbocycles. The Labute approximate surface area is 231 Å². The van der Waals surface area contributed by atoms with Gasteiger partial charge in [0, 0.05) is 40.4 Å². The molecule has 0 atom stereocenters. The number of rotatable bonds is 7. The standard InChI is InChI=1S/C27H23BrN4O5S/c1-16-11-23(37-31-16)19-12-22(17-3-5-18(6-4-17)32-7-9-35-10-8-32)30-26(20(19)14-29)36-15-25-21(28)13-24(38-25)27(33)34-2/h3-6,11-13H,7-10,15H2,1-2H3. The zero-order valence-electron chi connectivity index (χ0n) is 20.7. The Kier molecular flexibility index (Phi) is 7.74. The van der Waals surface area contributed by atoms with E-state index < -0.39 is 5.97 Å². The van der Waals surface area contributed by atoms with Gasteiger partial charge in [0.1, 0.15) is 23.1 Å². The maximum atomic E-state index is 11.9. The number of anilines is 1. The van der Waals surface area contributed by atoms with Crippen LogP contribution in [0.5, 0.6) is 5.88 Å². The van der Waals surface area contributed by atoms with Crippen LogP contribution in [0.1, 0.15) is 25.8 Å². The monoisotopic (exact) mass is 594 g/mol. The van der Waals surface area contributed by atoms with Gasteiger partial charge in [0.15, 0.2) is 5.76 Å². The number of hydrogen-bond donors (Lipinski definition) is 0. The molecule has 1 fully saturated rings. The maximum Gasteiger partial charge on any atom is 0.348 e. The van der Waals surface area contributed by atoms with E-state index in [1.807, 2.05) is 25.1 Å². The van der Waals surface area contributed by atoms with Crippen LogP contribution >= 0.6 is 27.3 Å². The predicted molar refractivity (Wildman–Crippen MR) is 145 cm³/mol. The zero-order chi connectivity index (χ0) is 26.6. The number of carbonyl (C=O) groups excluding carboxylic acids is 1. The third kappa shape index (κ3) is 5.43. The van der Waals surface area contributed by atoms with Crippen LogP contribution in [-0.4, -0.2) is 49.5 Å². The van der Waals surface area contributed by atoms with Gasteiger partial charge < -0.3 is 23.6 Å². The molecule has 1 aromatic carbocycles. The van der Waals surface area contributed by atoms with Crippen molar-refractivity contribution in [2.45, 2.75) is 13.5 Å². The van der Waals surface area contributed by atoms with Crippen LogP contribution in [0.15, 0.2) is 51.5 Å². The normalized spacial score (nSPS) is 13.3. The number of nitrogens with zero attached hydrogens (tertiary/aromatic N) is 4. The highest BCUT2D eigenvalue weighted by Gasteiger charge is 2.21. The summed E-state index contributed by atoms with van der Waals surface area (Å²) in [5, 5.41) is 14.0. The number of nitriles is 1. The minimum absolute atomic E-state index is 0.0955. The van der Waals surface area contributed by atoms with Crippen molar-refractivity contribution < 1.29 is 23.5 Å². The first-order valence-electron chi connectivity index (χ1n) is 11.8. The van der Waals surface area contributed by atoms with Crippen molar-refractivity contribution in [3.8, 4) is 34.5 Å². The third-order valence-corrected chi connectivity index (χ3v) is 8.07. The molecular formula is C27H23BrN4O5S. The Morgan fingerprint density at radius 3 is 2.63 bits per heavy atom. The smallest absolute Gasteiger partial charge is 0.348 e. The summed E-state index contributed by atoms with van der Waals surface area (Å²) in [6.45, 7) is 5.02. The topological polar surface area (TPSA) is 111 Å². The highest BCUT2D eigenvalue weighted by atomic mass is 79.9. The fraction of sp³-hybridized carbons (Fsp3) is 0.259. The SMILES string of the molecule is COC(=O)c1cc(Br)c(COc2nc(-c3ccc(N4CCOCC4)cc3)cc(-c3cc(C)no3)c2C#N)s1. The fourth-order valence-corrected chi connectivity index (χ4v) is 5.69. The molecular weight excluding hydrogens is 572 g/mol. The number of ether oxygens (including phenoxy) is 3. The van der Waals surface area contributed by atoms with E-state index >= 15 is 0 Å². The molecule has 1 saturated heterocycles. The number of pyridine rings is 1. The van der Waals surface area contributed by atoms with Crippen molar-refractivity contribution >= 4 is 38.9 Å². The van der Waals surface area contributed by atoms with Gasteiger partial charge in [-0.15, -0.1) is 11.3 Å². The van der Waals surface area contributed by atoms with Gasteiger partial charge in [-0.3, -0.25) is 0 Å². The van der Waals surface area contributed by atoms with Crippen LogP contribution in [0.3, 0.4) is 0 Å². The Morgan fingerprint density at radius 1 is 1.21 bits per heavy atom. The van der Waals surface area contributed by atoms with E-state index in [1.54, 1.807) is 12.1 Å². The quantitative estimate of drug-likeness (QED) is 0.252. The maximum absolute atomic E-state index is 11.9.